The SMILES string of the molecule is CCON=C(c1ccc(C#CC2CC2)cc1)C(CC)n1ccnc1. The summed E-state index contributed by atoms with van der Waals surface area (Å²) < 4.78 is 2.07. The van der Waals surface area contributed by atoms with E-state index in [0.717, 1.165) is 23.3 Å². The summed E-state index contributed by atoms with van der Waals surface area (Å²) in [6.45, 7) is 4.63. The molecule has 1 aromatic heterocycles. The smallest absolute Gasteiger partial charge is 0.114 e. The number of hydrogen-bond donors (Lipinski definition) is 0. The van der Waals surface area contributed by atoms with E-state index >= 15 is 0 Å². The lowest BCUT2D eigenvalue weighted by Gasteiger charge is -2.19. The van der Waals surface area contributed by atoms with E-state index in [9.17, 15) is 0 Å². The van der Waals surface area contributed by atoms with Gasteiger partial charge >= 0.3 is 0 Å². The molecule has 1 aliphatic carbocycles. The summed E-state index contributed by atoms with van der Waals surface area (Å²) in [4.78, 5) is 9.53. The van der Waals surface area contributed by atoms with E-state index in [4.69, 9.17) is 4.84 Å². The number of aromatic nitrogens is 2. The Morgan fingerprint density at radius 1 is 1.33 bits per heavy atom. The molecular weight excluding hydrogens is 298 g/mol. The third kappa shape index (κ3) is 4.05. The van der Waals surface area contributed by atoms with Gasteiger partial charge in [-0.2, -0.15) is 0 Å². The molecule has 0 bridgehead atoms. The van der Waals surface area contributed by atoms with E-state index < -0.39 is 0 Å². The molecule has 1 aliphatic rings. The Balaban J connectivity index is 1.86. The summed E-state index contributed by atoms with van der Waals surface area (Å²) in [6.07, 6.45) is 8.98. The Hall–Kier alpha value is -2.54. The predicted octanol–water partition coefficient (Wildman–Crippen LogP) is 4.04. The van der Waals surface area contributed by atoms with E-state index in [0.29, 0.717) is 12.5 Å². The standard InChI is InChI=1S/C20H23N3O/c1-3-19(23-14-13-21-15-23)20(22-24-4-2)18-11-9-17(10-12-18)8-7-16-5-6-16/h9-16,19H,3-6H2,1-2H3. The quantitative estimate of drug-likeness (QED) is 0.458. The fourth-order valence-corrected chi connectivity index (χ4v) is 2.58. The number of rotatable bonds is 6. The Morgan fingerprint density at radius 3 is 2.71 bits per heavy atom. The Kier molecular flexibility index (Phi) is 5.32. The minimum atomic E-state index is 0.0995. The number of benzene rings is 1. The summed E-state index contributed by atoms with van der Waals surface area (Å²) in [6, 6.07) is 8.38. The summed E-state index contributed by atoms with van der Waals surface area (Å²) in [7, 11) is 0. The van der Waals surface area contributed by atoms with Gasteiger partial charge in [-0.25, -0.2) is 4.98 Å². The zero-order valence-electron chi connectivity index (χ0n) is 14.3. The maximum atomic E-state index is 5.37. The van der Waals surface area contributed by atoms with E-state index in [1.54, 1.807) is 6.20 Å². The van der Waals surface area contributed by atoms with Gasteiger partial charge in [0.15, 0.2) is 0 Å². The van der Waals surface area contributed by atoms with Gasteiger partial charge in [0.1, 0.15) is 12.3 Å². The van der Waals surface area contributed by atoms with Crippen LogP contribution in [0.1, 0.15) is 50.3 Å². The summed E-state index contributed by atoms with van der Waals surface area (Å²) in [5, 5.41) is 4.39. The molecule has 0 aliphatic heterocycles. The second kappa shape index (κ2) is 7.83. The van der Waals surface area contributed by atoms with Gasteiger partial charge in [0.05, 0.1) is 12.4 Å². The molecule has 0 saturated heterocycles. The van der Waals surface area contributed by atoms with Gasteiger partial charge in [-0.05, 0) is 38.3 Å². The van der Waals surface area contributed by atoms with Crippen molar-refractivity contribution in [2.75, 3.05) is 6.61 Å². The van der Waals surface area contributed by atoms with Gasteiger partial charge in [-0.3, -0.25) is 0 Å². The van der Waals surface area contributed by atoms with Crippen molar-refractivity contribution in [3.05, 3.63) is 54.1 Å². The highest BCUT2D eigenvalue weighted by atomic mass is 16.6. The lowest BCUT2D eigenvalue weighted by atomic mass is 10.00. The van der Waals surface area contributed by atoms with Crippen LogP contribution in [-0.4, -0.2) is 21.9 Å². The molecule has 1 saturated carbocycles. The molecule has 0 N–H and O–H groups in total. The number of nitrogens with zero attached hydrogens (tertiary/aromatic N) is 3. The summed E-state index contributed by atoms with van der Waals surface area (Å²) in [5.74, 6) is 7.16. The van der Waals surface area contributed by atoms with Crippen molar-refractivity contribution in [3.63, 3.8) is 0 Å². The van der Waals surface area contributed by atoms with Crippen LogP contribution in [0.3, 0.4) is 0 Å². The molecular formula is C20H23N3O. The average molecular weight is 321 g/mol. The summed E-state index contributed by atoms with van der Waals surface area (Å²) >= 11 is 0. The van der Waals surface area contributed by atoms with E-state index in [2.05, 4.69) is 57.7 Å². The maximum absolute atomic E-state index is 5.37. The first-order valence-corrected chi connectivity index (χ1v) is 8.61. The van der Waals surface area contributed by atoms with Gasteiger partial charge < -0.3 is 9.40 Å². The van der Waals surface area contributed by atoms with Crippen molar-refractivity contribution in [2.24, 2.45) is 11.1 Å². The molecule has 1 atom stereocenters. The highest BCUT2D eigenvalue weighted by molar-refractivity contribution is 6.03. The van der Waals surface area contributed by atoms with Crippen molar-refractivity contribution in [1.82, 2.24) is 9.55 Å². The minimum absolute atomic E-state index is 0.0995. The molecule has 3 rings (SSSR count). The fourth-order valence-electron chi connectivity index (χ4n) is 2.58. The minimum Gasteiger partial charge on any atom is -0.396 e. The Morgan fingerprint density at radius 2 is 2.12 bits per heavy atom. The molecule has 2 aromatic rings. The zero-order valence-corrected chi connectivity index (χ0v) is 14.3. The fraction of sp³-hybridized carbons (Fsp3) is 0.400. The Labute approximate surface area is 143 Å². The zero-order chi connectivity index (χ0) is 16.8. The molecule has 4 heteroatoms. The third-order valence-corrected chi connectivity index (χ3v) is 4.06. The van der Waals surface area contributed by atoms with Crippen LogP contribution in [0.25, 0.3) is 0 Å². The molecule has 124 valence electrons. The first kappa shape index (κ1) is 16.3. The van der Waals surface area contributed by atoms with Crippen LogP contribution >= 0.6 is 0 Å². The van der Waals surface area contributed by atoms with Crippen molar-refractivity contribution < 1.29 is 4.84 Å². The number of oxime groups is 1. The van der Waals surface area contributed by atoms with Gasteiger partial charge in [0, 0.05) is 29.4 Å². The van der Waals surface area contributed by atoms with Crippen molar-refractivity contribution in [3.8, 4) is 11.8 Å². The molecule has 1 unspecified atom stereocenters. The van der Waals surface area contributed by atoms with E-state index in [1.165, 1.54) is 12.8 Å². The first-order chi connectivity index (χ1) is 11.8. The van der Waals surface area contributed by atoms with Crippen molar-refractivity contribution >= 4 is 5.71 Å². The lowest BCUT2D eigenvalue weighted by Crippen LogP contribution is -2.19. The van der Waals surface area contributed by atoms with Crippen LogP contribution in [0.4, 0.5) is 0 Å². The predicted molar refractivity (Wildman–Crippen MR) is 95.8 cm³/mol. The molecule has 0 radical (unpaired) electrons. The molecule has 4 nitrogen and oxygen atoms in total. The topological polar surface area (TPSA) is 39.4 Å². The van der Waals surface area contributed by atoms with E-state index in [-0.39, 0.29) is 6.04 Å². The van der Waals surface area contributed by atoms with Gasteiger partial charge in [-0.1, -0.05) is 36.1 Å². The molecule has 1 heterocycles. The second-order valence-electron chi connectivity index (χ2n) is 5.95. The number of hydrogen-bond acceptors (Lipinski definition) is 3. The van der Waals surface area contributed by atoms with Crippen LogP contribution in [0.15, 0.2) is 48.1 Å². The van der Waals surface area contributed by atoms with Gasteiger partial charge in [0.25, 0.3) is 0 Å². The highest BCUT2D eigenvalue weighted by Gasteiger charge is 2.19. The monoisotopic (exact) mass is 321 g/mol. The molecule has 1 aromatic carbocycles. The number of imidazole rings is 1. The average Bonchev–Trinajstić information content (AvgIpc) is 3.30. The Bertz CT molecular complexity index is 731. The largest absolute Gasteiger partial charge is 0.396 e. The van der Waals surface area contributed by atoms with Crippen LogP contribution in [0, 0.1) is 17.8 Å². The normalized spacial score (nSPS) is 15.5. The maximum Gasteiger partial charge on any atom is 0.114 e. The molecule has 24 heavy (non-hydrogen) atoms. The van der Waals surface area contributed by atoms with Gasteiger partial charge in [-0.15, -0.1) is 0 Å². The lowest BCUT2D eigenvalue weighted by molar-refractivity contribution is 0.157. The molecule has 0 spiro atoms. The van der Waals surface area contributed by atoms with Crippen molar-refractivity contribution in [2.45, 2.75) is 39.2 Å². The van der Waals surface area contributed by atoms with Crippen LogP contribution in [0.2, 0.25) is 0 Å². The second-order valence-corrected chi connectivity index (χ2v) is 5.95. The van der Waals surface area contributed by atoms with E-state index in [1.807, 2.05) is 19.4 Å². The third-order valence-electron chi connectivity index (χ3n) is 4.06. The van der Waals surface area contributed by atoms with Crippen molar-refractivity contribution in [1.29, 1.82) is 0 Å². The highest BCUT2D eigenvalue weighted by Crippen LogP contribution is 2.27. The molecule has 0 amide bonds. The van der Waals surface area contributed by atoms with Gasteiger partial charge in [0.2, 0.25) is 0 Å². The molecule has 1 fully saturated rings. The van der Waals surface area contributed by atoms with Crippen LogP contribution in [0.5, 0.6) is 0 Å². The first-order valence-electron chi connectivity index (χ1n) is 8.61. The summed E-state index contributed by atoms with van der Waals surface area (Å²) in [5.41, 5.74) is 3.03. The van der Waals surface area contributed by atoms with Crippen LogP contribution in [-0.2, 0) is 4.84 Å². The van der Waals surface area contributed by atoms with Crippen LogP contribution < -0.4 is 0 Å².